The highest BCUT2D eigenvalue weighted by Gasteiger charge is 2.15. The molecule has 0 spiro atoms. The fourth-order valence-corrected chi connectivity index (χ4v) is 5.64. The van der Waals surface area contributed by atoms with E-state index < -0.39 is 0 Å². The highest BCUT2D eigenvalue weighted by atomic mass is 32.2. The van der Waals surface area contributed by atoms with Crippen LogP contribution in [0.2, 0.25) is 0 Å². The van der Waals surface area contributed by atoms with E-state index >= 15 is 0 Å². The Hall–Kier alpha value is -2.82. The normalized spacial score (nSPS) is 11.3. The average Bonchev–Trinajstić information content (AvgIpc) is 3.46. The van der Waals surface area contributed by atoms with Crippen LogP contribution in [0.1, 0.15) is 10.7 Å². The molecule has 10 heteroatoms. The number of nitrogens with zero attached hydrogens (tertiary/aromatic N) is 5. The first kappa shape index (κ1) is 18.2. The smallest absolute Gasteiger partial charge is 0.260 e. The predicted octanol–water partition coefficient (Wildman–Crippen LogP) is 4.29. The first-order valence-electron chi connectivity index (χ1n) is 8.73. The van der Waals surface area contributed by atoms with Crippen molar-refractivity contribution in [1.29, 1.82) is 0 Å². The average molecular weight is 439 g/mol. The van der Waals surface area contributed by atoms with E-state index in [9.17, 15) is 4.79 Å². The Kier molecular flexibility index (Phi) is 4.74. The molecule has 4 heterocycles. The Morgan fingerprint density at radius 3 is 2.83 bits per heavy atom. The van der Waals surface area contributed by atoms with Crippen molar-refractivity contribution in [1.82, 2.24) is 30.2 Å². The van der Waals surface area contributed by atoms with Crippen LogP contribution >= 0.6 is 34.4 Å². The van der Waals surface area contributed by atoms with Gasteiger partial charge in [-0.3, -0.25) is 4.79 Å². The number of H-pyrrole nitrogens is 1. The van der Waals surface area contributed by atoms with Gasteiger partial charge in [0.15, 0.2) is 0 Å². The second-order valence-electron chi connectivity index (χ2n) is 6.25. The maximum absolute atomic E-state index is 12.8. The lowest BCUT2D eigenvalue weighted by Crippen LogP contribution is -2.10. The van der Waals surface area contributed by atoms with E-state index in [1.807, 2.05) is 41.8 Å². The third kappa shape index (κ3) is 3.50. The molecular formula is C19H14N6OS3. The molecule has 0 unspecified atom stereocenters. The summed E-state index contributed by atoms with van der Waals surface area (Å²) in [6.45, 7) is 2.06. The van der Waals surface area contributed by atoms with Gasteiger partial charge in [-0.2, -0.15) is 4.68 Å². The Morgan fingerprint density at radius 1 is 1.17 bits per heavy atom. The van der Waals surface area contributed by atoms with Crippen LogP contribution in [0.5, 0.6) is 0 Å². The van der Waals surface area contributed by atoms with Gasteiger partial charge in [-0.25, -0.2) is 4.98 Å². The molecule has 0 atom stereocenters. The largest absolute Gasteiger partial charge is 0.309 e. The molecule has 144 valence electrons. The predicted molar refractivity (Wildman–Crippen MR) is 117 cm³/mol. The number of hydrogen-bond donors (Lipinski definition) is 1. The van der Waals surface area contributed by atoms with E-state index in [0.717, 1.165) is 21.0 Å². The second-order valence-corrected chi connectivity index (χ2v) is 9.34. The number of nitrogens with one attached hydrogen (secondary N) is 1. The number of thiophene rings is 2. The van der Waals surface area contributed by atoms with Crippen molar-refractivity contribution in [2.24, 2.45) is 0 Å². The van der Waals surface area contributed by atoms with Crippen molar-refractivity contribution in [3.05, 3.63) is 68.9 Å². The number of aromatic nitrogens is 6. The minimum absolute atomic E-state index is 0.115. The highest BCUT2D eigenvalue weighted by Crippen LogP contribution is 2.35. The molecule has 0 radical (unpaired) electrons. The lowest BCUT2D eigenvalue weighted by molar-refractivity contribution is 0.756. The minimum Gasteiger partial charge on any atom is -0.309 e. The number of rotatable bonds is 5. The van der Waals surface area contributed by atoms with Crippen LogP contribution in [0.25, 0.3) is 26.3 Å². The third-order valence-electron chi connectivity index (χ3n) is 4.28. The SMILES string of the molecule is Cc1ccc(-c2csc3nc(CSc4nnnn4-c4ccccc4)[nH]c(=O)c23)s1. The number of para-hydroxylation sites is 1. The van der Waals surface area contributed by atoms with Gasteiger partial charge in [0.1, 0.15) is 10.7 Å². The number of hydrogen-bond acceptors (Lipinski definition) is 8. The molecule has 5 rings (SSSR count). The summed E-state index contributed by atoms with van der Waals surface area (Å²) in [6.07, 6.45) is 0. The van der Waals surface area contributed by atoms with Crippen molar-refractivity contribution in [2.45, 2.75) is 17.8 Å². The molecule has 0 aliphatic heterocycles. The topological polar surface area (TPSA) is 89.3 Å². The summed E-state index contributed by atoms with van der Waals surface area (Å²) in [5, 5.41) is 15.2. The Labute approximate surface area is 177 Å². The van der Waals surface area contributed by atoms with Gasteiger partial charge in [0.25, 0.3) is 5.56 Å². The van der Waals surface area contributed by atoms with Crippen LogP contribution in [0, 0.1) is 6.92 Å². The molecule has 1 aromatic carbocycles. The lowest BCUT2D eigenvalue weighted by atomic mass is 10.2. The highest BCUT2D eigenvalue weighted by molar-refractivity contribution is 7.98. The van der Waals surface area contributed by atoms with E-state index in [0.29, 0.717) is 22.1 Å². The van der Waals surface area contributed by atoms with Gasteiger partial charge in [-0.05, 0) is 41.6 Å². The number of benzene rings is 1. The maximum Gasteiger partial charge on any atom is 0.260 e. The zero-order valence-corrected chi connectivity index (χ0v) is 17.6. The Bertz CT molecular complexity index is 1350. The molecule has 0 bridgehead atoms. The van der Waals surface area contributed by atoms with Crippen LogP contribution in [-0.2, 0) is 5.75 Å². The molecule has 0 amide bonds. The van der Waals surface area contributed by atoms with E-state index in [1.165, 1.54) is 28.0 Å². The zero-order chi connectivity index (χ0) is 19.8. The Balaban J connectivity index is 1.43. The molecule has 29 heavy (non-hydrogen) atoms. The fraction of sp³-hybridized carbons (Fsp3) is 0.105. The third-order valence-corrected chi connectivity index (χ3v) is 7.12. The van der Waals surface area contributed by atoms with Crippen LogP contribution in [0.3, 0.4) is 0 Å². The summed E-state index contributed by atoms with van der Waals surface area (Å²) in [6, 6.07) is 13.8. The van der Waals surface area contributed by atoms with Gasteiger partial charge in [-0.15, -0.1) is 27.8 Å². The van der Waals surface area contributed by atoms with Gasteiger partial charge in [0.05, 0.1) is 16.8 Å². The van der Waals surface area contributed by atoms with Crippen molar-refractivity contribution < 1.29 is 0 Å². The molecule has 7 nitrogen and oxygen atoms in total. The van der Waals surface area contributed by atoms with Crippen LogP contribution in [-0.4, -0.2) is 30.2 Å². The standard InChI is InChI=1S/C19H14N6OS3/c1-11-7-8-14(29-11)13-9-27-18-16(13)17(26)20-15(21-18)10-28-19-22-23-24-25(19)12-5-3-2-4-6-12/h2-9H,10H2,1H3,(H,20,21,26). The molecule has 5 aromatic rings. The van der Waals surface area contributed by atoms with Crippen LogP contribution < -0.4 is 5.56 Å². The van der Waals surface area contributed by atoms with Crippen molar-refractivity contribution in [3.8, 4) is 16.1 Å². The number of thioether (sulfide) groups is 1. The molecule has 0 aliphatic carbocycles. The molecule has 0 saturated carbocycles. The van der Waals surface area contributed by atoms with Crippen molar-refractivity contribution in [3.63, 3.8) is 0 Å². The van der Waals surface area contributed by atoms with Gasteiger partial charge < -0.3 is 4.98 Å². The maximum atomic E-state index is 12.8. The number of aromatic amines is 1. The summed E-state index contributed by atoms with van der Waals surface area (Å²) in [7, 11) is 0. The molecule has 4 aromatic heterocycles. The number of tetrazole rings is 1. The van der Waals surface area contributed by atoms with Crippen LogP contribution in [0.15, 0.2) is 57.8 Å². The minimum atomic E-state index is -0.115. The van der Waals surface area contributed by atoms with E-state index in [2.05, 4.69) is 38.5 Å². The van der Waals surface area contributed by atoms with E-state index in [-0.39, 0.29) is 5.56 Å². The number of fused-ring (bicyclic) bond motifs is 1. The summed E-state index contributed by atoms with van der Waals surface area (Å²) in [5.41, 5.74) is 1.71. The number of aryl methyl sites for hydroxylation is 1. The molecule has 0 fully saturated rings. The van der Waals surface area contributed by atoms with Gasteiger partial charge >= 0.3 is 0 Å². The molecule has 1 N–H and O–H groups in total. The van der Waals surface area contributed by atoms with Gasteiger partial charge in [0.2, 0.25) is 5.16 Å². The molecule has 0 aliphatic rings. The lowest BCUT2D eigenvalue weighted by Gasteiger charge is -2.04. The summed E-state index contributed by atoms with van der Waals surface area (Å²) in [5.74, 6) is 1.06. The van der Waals surface area contributed by atoms with Crippen LogP contribution in [0.4, 0.5) is 0 Å². The van der Waals surface area contributed by atoms with Gasteiger partial charge in [0, 0.05) is 20.7 Å². The van der Waals surface area contributed by atoms with E-state index in [1.54, 1.807) is 16.0 Å². The van der Waals surface area contributed by atoms with Gasteiger partial charge in [-0.1, -0.05) is 30.0 Å². The van der Waals surface area contributed by atoms with E-state index in [4.69, 9.17) is 0 Å². The second kappa shape index (κ2) is 7.54. The monoisotopic (exact) mass is 438 g/mol. The molecular weight excluding hydrogens is 424 g/mol. The fourth-order valence-electron chi connectivity index (χ4n) is 2.96. The Morgan fingerprint density at radius 2 is 2.03 bits per heavy atom. The van der Waals surface area contributed by atoms with Crippen molar-refractivity contribution in [2.75, 3.05) is 0 Å². The van der Waals surface area contributed by atoms with Crippen molar-refractivity contribution >= 4 is 44.7 Å². The molecule has 0 saturated heterocycles. The summed E-state index contributed by atoms with van der Waals surface area (Å²) >= 11 is 4.60. The first-order valence-corrected chi connectivity index (χ1v) is 11.4. The quantitative estimate of drug-likeness (QED) is 0.412. The summed E-state index contributed by atoms with van der Waals surface area (Å²) in [4.78, 5) is 23.4. The zero-order valence-electron chi connectivity index (χ0n) is 15.2. The summed E-state index contributed by atoms with van der Waals surface area (Å²) < 4.78 is 1.67. The first-order chi connectivity index (χ1) is 14.2.